The Labute approximate surface area is 42.0 Å². The highest BCUT2D eigenvalue weighted by Gasteiger charge is 1.89. The Hall–Kier alpha value is 0.0200. The summed E-state index contributed by atoms with van der Waals surface area (Å²) in [5.41, 5.74) is 0. The molecule has 0 saturated heterocycles. The maximum atomic E-state index is 3.97. The van der Waals surface area contributed by atoms with Gasteiger partial charge in [0.2, 0.25) is 0 Å². The van der Waals surface area contributed by atoms with Gasteiger partial charge >= 0.3 is 0 Å². The molecule has 0 aromatic heterocycles. The highest BCUT2D eigenvalue weighted by Crippen LogP contribution is 2.09. The van der Waals surface area contributed by atoms with Gasteiger partial charge in [0.15, 0.2) is 0 Å². The van der Waals surface area contributed by atoms with E-state index in [2.05, 4.69) is 4.40 Å². The fraction of sp³-hybridized carbons (Fsp3) is 0.750. The van der Waals surface area contributed by atoms with Gasteiger partial charge in [-0.3, -0.25) is 0 Å². The maximum absolute atomic E-state index is 3.97. The van der Waals surface area contributed by atoms with Crippen molar-refractivity contribution >= 4 is 18.2 Å². The van der Waals surface area contributed by atoms with Crippen molar-refractivity contribution < 1.29 is 0 Å². The van der Waals surface area contributed by atoms with Crippen LogP contribution >= 0.6 is 11.9 Å². The van der Waals surface area contributed by atoms with E-state index in [-0.39, 0.29) is 0 Å². The second kappa shape index (κ2) is 2.24. The molecule has 0 aliphatic carbocycles. The summed E-state index contributed by atoms with van der Waals surface area (Å²) in [6.07, 6.45) is 4.48. The lowest BCUT2D eigenvalue weighted by Gasteiger charge is -1.96. The molecule has 1 rings (SSSR count). The molecule has 0 aromatic carbocycles. The Morgan fingerprint density at radius 2 is 2.67 bits per heavy atom. The lowest BCUT2D eigenvalue weighted by molar-refractivity contribution is 1.01. The average molecular weight is 101 g/mol. The zero-order valence-corrected chi connectivity index (χ0v) is 4.37. The summed E-state index contributed by atoms with van der Waals surface area (Å²) in [5.74, 6) is 1.22. The largest absolute Gasteiger partial charge is 0.229 e. The molecule has 0 radical (unpaired) electrons. The lowest BCUT2D eigenvalue weighted by Crippen LogP contribution is -1.84. The summed E-state index contributed by atoms with van der Waals surface area (Å²) >= 11 is 1.66. The van der Waals surface area contributed by atoms with Gasteiger partial charge in [0, 0.05) is 12.0 Å². The van der Waals surface area contributed by atoms with Crippen LogP contribution in [0.4, 0.5) is 0 Å². The van der Waals surface area contributed by atoms with Crippen LogP contribution in [0, 0.1) is 0 Å². The zero-order valence-electron chi connectivity index (χ0n) is 3.55. The quantitative estimate of drug-likeness (QED) is 0.421. The third-order valence-corrected chi connectivity index (χ3v) is 1.49. The number of rotatable bonds is 0. The molecular weight excluding hydrogens is 94.1 g/mol. The third-order valence-electron chi connectivity index (χ3n) is 0.718. The van der Waals surface area contributed by atoms with Crippen LogP contribution in [-0.4, -0.2) is 12.0 Å². The van der Waals surface area contributed by atoms with E-state index in [1.165, 1.54) is 18.6 Å². The molecule has 6 heavy (non-hydrogen) atoms. The molecule has 0 N–H and O–H groups in total. The van der Waals surface area contributed by atoms with Gasteiger partial charge in [-0.2, -0.15) is 0 Å². The van der Waals surface area contributed by atoms with Crippen LogP contribution in [0.15, 0.2) is 4.40 Å². The number of nitrogens with zero attached hydrogens (tertiary/aromatic N) is 1. The molecule has 0 atom stereocenters. The molecule has 1 nitrogen and oxygen atoms in total. The first-order valence-electron chi connectivity index (χ1n) is 2.14. The summed E-state index contributed by atoms with van der Waals surface area (Å²) < 4.78 is 3.97. The first kappa shape index (κ1) is 4.19. The molecule has 0 aromatic rings. The number of hydrogen-bond donors (Lipinski definition) is 0. The summed E-state index contributed by atoms with van der Waals surface area (Å²) in [7, 11) is 0. The molecule has 0 spiro atoms. The highest BCUT2D eigenvalue weighted by atomic mass is 32.2. The molecular formula is C4H7NS. The molecule has 1 heterocycles. The van der Waals surface area contributed by atoms with Gasteiger partial charge in [-0.25, -0.2) is 4.40 Å². The molecule has 1 aliphatic rings. The predicted octanol–water partition coefficient (Wildman–Crippen LogP) is 1.50. The van der Waals surface area contributed by atoms with Crippen LogP contribution < -0.4 is 0 Å². The molecule has 0 amide bonds. The van der Waals surface area contributed by atoms with Gasteiger partial charge in [0.05, 0.1) is 0 Å². The van der Waals surface area contributed by atoms with Crippen molar-refractivity contribution in [1.29, 1.82) is 0 Å². The van der Waals surface area contributed by atoms with Gasteiger partial charge in [-0.05, 0) is 24.8 Å². The standard InChI is InChI=1S/C4H7NS/c1-2-4-6-5-3-1/h3H,1-2,4H2. The Balaban J connectivity index is 2.26. The van der Waals surface area contributed by atoms with Gasteiger partial charge < -0.3 is 0 Å². The lowest BCUT2D eigenvalue weighted by atomic mass is 10.4. The number of hydrogen-bond acceptors (Lipinski definition) is 2. The minimum absolute atomic E-state index is 1.19. The van der Waals surface area contributed by atoms with Crippen molar-refractivity contribution in [2.24, 2.45) is 4.40 Å². The van der Waals surface area contributed by atoms with Crippen LogP contribution in [0.25, 0.3) is 0 Å². The highest BCUT2D eigenvalue weighted by molar-refractivity contribution is 7.98. The molecule has 0 bridgehead atoms. The van der Waals surface area contributed by atoms with Crippen LogP contribution in [0.1, 0.15) is 12.8 Å². The van der Waals surface area contributed by atoms with Crippen LogP contribution in [0.2, 0.25) is 0 Å². The predicted molar refractivity (Wildman–Crippen MR) is 30.2 cm³/mol. The van der Waals surface area contributed by atoms with E-state index in [4.69, 9.17) is 0 Å². The van der Waals surface area contributed by atoms with Crippen molar-refractivity contribution in [2.45, 2.75) is 12.8 Å². The Bertz CT molecular complexity index is 52.6. The van der Waals surface area contributed by atoms with E-state index in [0.29, 0.717) is 0 Å². The molecule has 0 saturated carbocycles. The second-order valence-electron chi connectivity index (χ2n) is 1.26. The fourth-order valence-corrected chi connectivity index (χ4v) is 1.01. The third kappa shape index (κ3) is 1.01. The van der Waals surface area contributed by atoms with Crippen molar-refractivity contribution in [3.05, 3.63) is 0 Å². The van der Waals surface area contributed by atoms with Crippen LogP contribution in [0.5, 0.6) is 0 Å². The zero-order chi connectivity index (χ0) is 4.24. The Kier molecular flexibility index (Phi) is 1.56. The monoisotopic (exact) mass is 101 g/mol. The summed E-state index contributed by atoms with van der Waals surface area (Å²) in [4.78, 5) is 0. The second-order valence-corrected chi connectivity index (χ2v) is 2.14. The minimum atomic E-state index is 1.19. The fourth-order valence-electron chi connectivity index (χ4n) is 0.397. The Morgan fingerprint density at radius 1 is 1.67 bits per heavy atom. The van der Waals surface area contributed by atoms with Crippen molar-refractivity contribution in [3.8, 4) is 0 Å². The first-order valence-corrected chi connectivity index (χ1v) is 3.08. The van der Waals surface area contributed by atoms with Gasteiger partial charge in [0.25, 0.3) is 0 Å². The van der Waals surface area contributed by atoms with Crippen molar-refractivity contribution in [3.63, 3.8) is 0 Å². The molecule has 0 unspecified atom stereocenters. The maximum Gasteiger partial charge on any atom is 0.0156 e. The minimum Gasteiger partial charge on any atom is -0.229 e. The van der Waals surface area contributed by atoms with Crippen LogP contribution in [0.3, 0.4) is 0 Å². The van der Waals surface area contributed by atoms with Gasteiger partial charge in [0.1, 0.15) is 0 Å². The molecule has 34 valence electrons. The van der Waals surface area contributed by atoms with E-state index < -0.39 is 0 Å². The molecule has 1 aliphatic heterocycles. The summed E-state index contributed by atoms with van der Waals surface area (Å²) in [6.45, 7) is 0. The molecule has 2 heteroatoms. The van der Waals surface area contributed by atoms with E-state index in [9.17, 15) is 0 Å². The normalized spacial score (nSPS) is 21.3. The van der Waals surface area contributed by atoms with E-state index in [1.807, 2.05) is 6.21 Å². The van der Waals surface area contributed by atoms with Crippen molar-refractivity contribution in [1.82, 2.24) is 0 Å². The SMILES string of the molecule is C1=NSCCC1. The summed E-state index contributed by atoms with van der Waals surface area (Å²) in [5, 5.41) is 0. The van der Waals surface area contributed by atoms with E-state index in [1.54, 1.807) is 11.9 Å². The molecule has 0 fully saturated rings. The smallest absolute Gasteiger partial charge is 0.0156 e. The summed E-state index contributed by atoms with van der Waals surface area (Å²) in [6, 6.07) is 0. The van der Waals surface area contributed by atoms with Crippen LogP contribution in [-0.2, 0) is 0 Å². The van der Waals surface area contributed by atoms with Gasteiger partial charge in [-0.15, -0.1) is 0 Å². The van der Waals surface area contributed by atoms with Crippen molar-refractivity contribution in [2.75, 3.05) is 5.75 Å². The topological polar surface area (TPSA) is 12.4 Å². The Morgan fingerprint density at radius 3 is 2.83 bits per heavy atom. The van der Waals surface area contributed by atoms with Gasteiger partial charge in [-0.1, -0.05) is 0 Å². The average Bonchev–Trinajstić information content (AvgIpc) is 1.72. The van der Waals surface area contributed by atoms with E-state index in [0.717, 1.165) is 0 Å². The van der Waals surface area contributed by atoms with E-state index >= 15 is 0 Å². The first-order chi connectivity index (χ1) is 3.00.